The molecule has 0 aliphatic carbocycles. The summed E-state index contributed by atoms with van der Waals surface area (Å²) in [6.07, 6.45) is 4.32. The highest BCUT2D eigenvalue weighted by atomic mass is 33.1. The number of nitrogens with zero attached hydrogens (tertiary/aromatic N) is 1. The molecular formula is C57H102NO9PS4. The average Bonchev–Trinajstić information content (AvgIpc) is 3.22. The summed E-state index contributed by atoms with van der Waals surface area (Å²) in [6, 6.07) is 5.79. The molecule has 418 valence electrons. The van der Waals surface area contributed by atoms with Crippen LogP contribution in [0.1, 0.15) is 185 Å². The molecule has 0 saturated heterocycles. The first-order valence-corrected chi connectivity index (χ1v) is 32.5. The van der Waals surface area contributed by atoms with Gasteiger partial charge in [0.1, 0.15) is 30.4 Å². The van der Waals surface area contributed by atoms with Gasteiger partial charge in [-0.3, -0.25) is 19.2 Å². The Morgan fingerprint density at radius 3 is 1.50 bits per heavy atom. The minimum Gasteiger partial charge on any atom is -0.464 e. The lowest BCUT2D eigenvalue weighted by Crippen LogP contribution is -2.57. The van der Waals surface area contributed by atoms with Crippen molar-refractivity contribution in [2.75, 3.05) is 56.5 Å². The van der Waals surface area contributed by atoms with E-state index in [-0.39, 0.29) is 59.4 Å². The van der Waals surface area contributed by atoms with Crippen molar-refractivity contribution in [2.24, 2.45) is 54.7 Å². The zero-order valence-electron chi connectivity index (χ0n) is 49.6. The van der Waals surface area contributed by atoms with Crippen LogP contribution in [-0.2, 0) is 42.9 Å². The molecule has 1 rings (SSSR count). The summed E-state index contributed by atoms with van der Waals surface area (Å²) in [5, 5.41) is 0.891. The lowest BCUT2D eigenvalue weighted by Gasteiger charge is -2.58. The van der Waals surface area contributed by atoms with Crippen LogP contribution in [0.5, 0.6) is 0 Å². The summed E-state index contributed by atoms with van der Waals surface area (Å²) < 4.78 is 30.7. The summed E-state index contributed by atoms with van der Waals surface area (Å²) >= 11 is 0. The maximum Gasteiger partial charge on any atom is 0.312 e. The van der Waals surface area contributed by atoms with E-state index in [1.807, 2.05) is 80.5 Å². The second-order valence-corrected chi connectivity index (χ2v) is 33.0. The zero-order chi connectivity index (χ0) is 56.1. The van der Waals surface area contributed by atoms with E-state index in [1.165, 1.54) is 0 Å². The molecule has 0 aromatic carbocycles. The van der Waals surface area contributed by atoms with Gasteiger partial charge < -0.3 is 23.7 Å². The first kappa shape index (κ1) is 68.8. The molecule has 72 heavy (non-hydrogen) atoms. The molecule has 0 amide bonds. The van der Waals surface area contributed by atoms with Crippen molar-refractivity contribution in [1.82, 2.24) is 4.98 Å². The predicted molar refractivity (Wildman–Crippen MR) is 311 cm³/mol. The van der Waals surface area contributed by atoms with Gasteiger partial charge in [0.25, 0.3) is 0 Å². The van der Waals surface area contributed by atoms with E-state index in [0.717, 1.165) is 11.2 Å². The Morgan fingerprint density at radius 1 is 0.583 bits per heavy atom. The van der Waals surface area contributed by atoms with Gasteiger partial charge in [0, 0.05) is 29.9 Å². The molecule has 0 radical (unpaired) electrons. The normalized spacial score (nSPS) is 16.9. The van der Waals surface area contributed by atoms with Crippen LogP contribution in [0.15, 0.2) is 29.4 Å². The third-order valence-corrected chi connectivity index (χ3v) is 21.6. The zero-order valence-corrected chi connectivity index (χ0v) is 53.9. The molecule has 0 fully saturated rings. The van der Waals surface area contributed by atoms with Crippen LogP contribution in [0.25, 0.3) is 0 Å². The third kappa shape index (κ3) is 19.7. The fourth-order valence-corrected chi connectivity index (χ4v) is 14.0. The maximum atomic E-state index is 15.3. The van der Waals surface area contributed by atoms with Gasteiger partial charge in [-0.2, -0.15) is 0 Å². The van der Waals surface area contributed by atoms with Crippen LogP contribution < -0.4 is 0 Å². The van der Waals surface area contributed by atoms with Crippen molar-refractivity contribution in [3.63, 3.8) is 0 Å². The predicted octanol–water partition coefficient (Wildman–Crippen LogP) is 15.7. The summed E-state index contributed by atoms with van der Waals surface area (Å²) in [7, 11) is 6.95. The Bertz CT molecular complexity index is 1870. The molecule has 0 bridgehead atoms. The molecule has 5 unspecified atom stereocenters. The average molecular weight is 1100 g/mol. The highest BCUT2D eigenvalue weighted by molar-refractivity contribution is 8.77. The molecule has 15 heteroatoms. The van der Waals surface area contributed by atoms with Crippen molar-refractivity contribution in [2.45, 2.75) is 201 Å². The van der Waals surface area contributed by atoms with Gasteiger partial charge in [0.15, 0.2) is 0 Å². The summed E-state index contributed by atoms with van der Waals surface area (Å²) in [5.41, 5.74) is -7.53. The summed E-state index contributed by atoms with van der Waals surface area (Å²) in [5.74, 6) is 0.539. The van der Waals surface area contributed by atoms with Gasteiger partial charge in [-0.1, -0.05) is 135 Å². The molecule has 5 atom stereocenters. The molecule has 0 spiro atoms. The second-order valence-electron chi connectivity index (χ2n) is 26.8. The van der Waals surface area contributed by atoms with E-state index in [9.17, 15) is 14.4 Å². The second kappa shape index (κ2) is 27.4. The van der Waals surface area contributed by atoms with E-state index in [2.05, 4.69) is 109 Å². The van der Waals surface area contributed by atoms with Crippen LogP contribution in [0, 0.1) is 54.7 Å². The van der Waals surface area contributed by atoms with E-state index >= 15 is 4.79 Å². The largest absolute Gasteiger partial charge is 0.464 e. The number of carbonyl (C=O) groups is 4. The minimum atomic E-state index is -1.18. The van der Waals surface area contributed by atoms with Gasteiger partial charge in [-0.25, -0.2) is 4.98 Å². The molecule has 10 nitrogen and oxygen atoms in total. The van der Waals surface area contributed by atoms with Gasteiger partial charge >= 0.3 is 23.9 Å². The van der Waals surface area contributed by atoms with Gasteiger partial charge in [-0.05, 0) is 150 Å². The molecular weight excluding hydrogens is 1000 g/mol. The van der Waals surface area contributed by atoms with Crippen molar-refractivity contribution < 1.29 is 42.9 Å². The van der Waals surface area contributed by atoms with Crippen molar-refractivity contribution in [3.05, 3.63) is 24.4 Å². The topological polar surface area (TPSA) is 127 Å². The minimum absolute atomic E-state index is 0.0977. The number of hydrogen-bond acceptors (Lipinski definition) is 14. The first-order valence-electron chi connectivity index (χ1n) is 26.0. The number of carbonyl (C=O) groups excluding carboxylic acids is 4. The van der Waals surface area contributed by atoms with Crippen LogP contribution in [-0.4, -0.2) is 96.6 Å². The Labute approximate surface area is 457 Å². The Hall–Kier alpha value is -1.18. The summed E-state index contributed by atoms with van der Waals surface area (Å²) in [6.45, 7) is 50.7. The quantitative estimate of drug-likeness (QED) is 0.0230. The lowest BCUT2D eigenvalue weighted by molar-refractivity contribution is -0.190. The SMILES string of the molecule is CPCC(C)(C(=O)OCCSSCCOC(=O)C(C)(CC(C)(C)C(C)(CC(C)(C)C)C(=O)OCCSSc1ccccn1)C(C)(C)C(C)(C)CC(C)(C(=O)OC(C)(C)CCOC(C)(C)C)C(C)C)C(C)(C)C. The standard InChI is InChI=1S/C57H102NO9PS4/c1-41(2)54(20,43(59)67-52(16,17)28-30-66-49(9,10)11)38-50(12,13)53(18,19)56(22,45(61)64-31-34-69-70-35-32-65-46(62)57(23,40-68-24)48(6,7)8)39-51(14,15)55(21,37-47(3,4)5)44(60)63-33-36-71-72-42-27-25-26-29-58-42/h25-27,29,41,68H,28,30-40H2,1-24H3. The monoisotopic (exact) mass is 1100 g/mol. The number of rotatable bonds is 31. The van der Waals surface area contributed by atoms with Crippen molar-refractivity contribution in [1.29, 1.82) is 0 Å². The van der Waals surface area contributed by atoms with E-state index in [0.29, 0.717) is 64.7 Å². The molecule has 1 heterocycles. The number of esters is 4. The summed E-state index contributed by atoms with van der Waals surface area (Å²) in [4.78, 5) is 62.2. The van der Waals surface area contributed by atoms with Crippen molar-refractivity contribution in [3.8, 4) is 0 Å². The van der Waals surface area contributed by atoms with Gasteiger partial charge in [0.2, 0.25) is 0 Å². The Kier molecular flexibility index (Phi) is 26.2. The number of aromatic nitrogens is 1. The smallest absolute Gasteiger partial charge is 0.312 e. The molecule has 0 aliphatic heterocycles. The molecule has 0 aliphatic rings. The molecule has 1 aromatic heterocycles. The van der Waals surface area contributed by atoms with Crippen LogP contribution in [0.2, 0.25) is 0 Å². The van der Waals surface area contributed by atoms with Gasteiger partial charge in [-0.15, -0.1) is 8.58 Å². The molecule has 0 saturated carbocycles. The van der Waals surface area contributed by atoms with Crippen LogP contribution in [0.4, 0.5) is 0 Å². The van der Waals surface area contributed by atoms with E-state index < -0.39 is 43.5 Å². The number of pyridine rings is 1. The number of hydrogen-bond donors (Lipinski definition) is 0. The highest BCUT2D eigenvalue weighted by Crippen LogP contribution is 2.63. The molecule has 1 aromatic rings. The fourth-order valence-electron chi connectivity index (χ4n) is 9.29. The Morgan fingerprint density at radius 2 is 1.07 bits per heavy atom. The first-order chi connectivity index (χ1) is 32.5. The van der Waals surface area contributed by atoms with Gasteiger partial charge in [0.05, 0.1) is 33.9 Å². The maximum absolute atomic E-state index is 15.3. The van der Waals surface area contributed by atoms with Crippen molar-refractivity contribution >= 4 is 75.6 Å². The lowest BCUT2D eigenvalue weighted by atomic mass is 9.45. The van der Waals surface area contributed by atoms with Crippen LogP contribution in [0.3, 0.4) is 0 Å². The van der Waals surface area contributed by atoms with E-state index in [4.69, 9.17) is 23.7 Å². The fraction of sp³-hybridized carbons (Fsp3) is 0.842. The highest BCUT2D eigenvalue weighted by Gasteiger charge is 2.62. The van der Waals surface area contributed by atoms with E-state index in [1.54, 1.807) is 49.4 Å². The van der Waals surface area contributed by atoms with Crippen LogP contribution >= 0.6 is 51.8 Å². The third-order valence-electron chi connectivity index (χ3n) is 16.0. The number of ether oxygens (including phenoxy) is 5. The molecule has 0 N–H and O–H groups in total. The Balaban J connectivity index is 3.62.